The van der Waals surface area contributed by atoms with Crippen molar-refractivity contribution in [3.05, 3.63) is 29.8 Å². The van der Waals surface area contributed by atoms with Crippen LogP contribution in [0.2, 0.25) is 0 Å². The van der Waals surface area contributed by atoms with E-state index in [1.807, 2.05) is 6.07 Å². The van der Waals surface area contributed by atoms with Crippen LogP contribution in [-0.2, 0) is 0 Å². The van der Waals surface area contributed by atoms with Crippen LogP contribution in [0.3, 0.4) is 0 Å². The van der Waals surface area contributed by atoms with Gasteiger partial charge in [-0.05, 0) is 51.8 Å². The van der Waals surface area contributed by atoms with Crippen molar-refractivity contribution in [2.75, 3.05) is 46.4 Å². The van der Waals surface area contributed by atoms with Crippen LogP contribution in [0.1, 0.15) is 50.6 Å². The molecule has 1 unspecified atom stereocenters. The smallest absolute Gasteiger partial charge is 0.193 e. The number of aliphatic imine (C=N–C) groups is 1. The molecule has 0 radical (unpaired) electrons. The maximum atomic E-state index is 5.67. The summed E-state index contributed by atoms with van der Waals surface area (Å²) < 4.78 is 5.67. The molecule has 1 atom stereocenters. The van der Waals surface area contributed by atoms with Crippen molar-refractivity contribution < 1.29 is 4.74 Å². The van der Waals surface area contributed by atoms with Crippen LogP contribution in [0.15, 0.2) is 29.3 Å². The number of hydrogen-bond acceptors (Lipinski definition) is 3. The zero-order valence-corrected chi connectivity index (χ0v) is 16.4. The molecule has 2 aliphatic heterocycles. The first-order chi connectivity index (χ1) is 12.8. The number of methoxy groups -OCH3 is 1. The van der Waals surface area contributed by atoms with Crippen LogP contribution in [0.4, 0.5) is 0 Å². The molecule has 5 nitrogen and oxygen atoms in total. The van der Waals surface area contributed by atoms with Crippen molar-refractivity contribution in [3.63, 3.8) is 0 Å². The molecule has 2 heterocycles. The molecule has 5 heteroatoms. The van der Waals surface area contributed by atoms with E-state index in [1.165, 1.54) is 37.7 Å². The SMILES string of the molecule is CCNC(=NCC(c1ccccc1OC)N1CCCCC1)N1CCCC1. The van der Waals surface area contributed by atoms with Gasteiger partial charge in [0.1, 0.15) is 5.75 Å². The molecule has 0 saturated carbocycles. The third kappa shape index (κ3) is 4.70. The quantitative estimate of drug-likeness (QED) is 0.626. The second-order valence-corrected chi connectivity index (χ2v) is 7.24. The molecule has 0 amide bonds. The number of benzene rings is 1. The van der Waals surface area contributed by atoms with Gasteiger partial charge in [-0.1, -0.05) is 24.6 Å². The predicted molar refractivity (Wildman–Crippen MR) is 108 cm³/mol. The molecule has 0 spiro atoms. The maximum Gasteiger partial charge on any atom is 0.193 e. The molecule has 0 bridgehead atoms. The summed E-state index contributed by atoms with van der Waals surface area (Å²) in [6.45, 7) is 8.38. The van der Waals surface area contributed by atoms with Crippen molar-refractivity contribution >= 4 is 5.96 Å². The highest BCUT2D eigenvalue weighted by Crippen LogP contribution is 2.31. The average molecular weight is 359 g/mol. The zero-order valence-electron chi connectivity index (χ0n) is 16.4. The minimum absolute atomic E-state index is 0.280. The molecule has 0 aromatic heterocycles. The lowest BCUT2D eigenvalue weighted by Crippen LogP contribution is -2.41. The van der Waals surface area contributed by atoms with Gasteiger partial charge in [-0.25, -0.2) is 0 Å². The summed E-state index contributed by atoms with van der Waals surface area (Å²) in [4.78, 5) is 10.1. The van der Waals surface area contributed by atoms with Gasteiger partial charge in [-0.2, -0.15) is 0 Å². The molecule has 1 aromatic carbocycles. The van der Waals surface area contributed by atoms with Gasteiger partial charge in [-0.15, -0.1) is 0 Å². The molecule has 2 saturated heterocycles. The summed E-state index contributed by atoms with van der Waals surface area (Å²) in [5.41, 5.74) is 1.26. The summed E-state index contributed by atoms with van der Waals surface area (Å²) in [5.74, 6) is 2.05. The highest BCUT2D eigenvalue weighted by molar-refractivity contribution is 5.80. The fraction of sp³-hybridized carbons (Fsp3) is 0.667. The number of para-hydroxylation sites is 1. The van der Waals surface area contributed by atoms with Crippen molar-refractivity contribution in [3.8, 4) is 5.75 Å². The molecular weight excluding hydrogens is 324 g/mol. The van der Waals surface area contributed by atoms with Crippen molar-refractivity contribution in [2.45, 2.75) is 45.1 Å². The number of nitrogens with zero attached hydrogens (tertiary/aromatic N) is 3. The Labute approximate surface area is 158 Å². The van der Waals surface area contributed by atoms with E-state index in [9.17, 15) is 0 Å². The normalized spacial score (nSPS) is 20.2. The number of piperidine rings is 1. The summed E-state index contributed by atoms with van der Waals surface area (Å²) in [5, 5.41) is 3.49. The summed E-state index contributed by atoms with van der Waals surface area (Å²) in [7, 11) is 1.77. The third-order valence-electron chi connectivity index (χ3n) is 5.48. The van der Waals surface area contributed by atoms with Gasteiger partial charge in [0.05, 0.1) is 19.7 Å². The molecule has 0 aliphatic carbocycles. The third-order valence-corrected chi connectivity index (χ3v) is 5.48. The Balaban J connectivity index is 1.83. The molecule has 2 aliphatic rings. The average Bonchev–Trinajstić information content (AvgIpc) is 3.23. The van der Waals surface area contributed by atoms with Gasteiger partial charge >= 0.3 is 0 Å². The minimum atomic E-state index is 0.280. The molecule has 1 aromatic rings. The van der Waals surface area contributed by atoms with Gasteiger partial charge < -0.3 is 15.0 Å². The van der Waals surface area contributed by atoms with E-state index in [0.29, 0.717) is 0 Å². The van der Waals surface area contributed by atoms with Crippen LogP contribution in [0.5, 0.6) is 5.75 Å². The maximum absolute atomic E-state index is 5.67. The first kappa shape index (κ1) is 19.0. The topological polar surface area (TPSA) is 40.1 Å². The highest BCUT2D eigenvalue weighted by atomic mass is 16.5. The van der Waals surface area contributed by atoms with Crippen LogP contribution >= 0.6 is 0 Å². The van der Waals surface area contributed by atoms with E-state index in [0.717, 1.165) is 51.0 Å². The van der Waals surface area contributed by atoms with E-state index in [1.54, 1.807) is 7.11 Å². The Morgan fingerprint density at radius 1 is 1.08 bits per heavy atom. The van der Waals surface area contributed by atoms with E-state index in [-0.39, 0.29) is 6.04 Å². The minimum Gasteiger partial charge on any atom is -0.496 e. The summed E-state index contributed by atoms with van der Waals surface area (Å²) >= 11 is 0. The van der Waals surface area contributed by atoms with Crippen LogP contribution in [-0.4, -0.2) is 62.1 Å². The highest BCUT2D eigenvalue weighted by Gasteiger charge is 2.25. The van der Waals surface area contributed by atoms with Gasteiger partial charge in [0.25, 0.3) is 0 Å². The van der Waals surface area contributed by atoms with Crippen LogP contribution < -0.4 is 10.1 Å². The number of nitrogens with one attached hydrogen (secondary N) is 1. The lowest BCUT2D eigenvalue weighted by Gasteiger charge is -2.35. The summed E-state index contributed by atoms with van der Waals surface area (Å²) in [6, 6.07) is 8.72. The summed E-state index contributed by atoms with van der Waals surface area (Å²) in [6.07, 6.45) is 6.44. The fourth-order valence-corrected chi connectivity index (χ4v) is 4.11. The van der Waals surface area contributed by atoms with Crippen molar-refractivity contribution in [1.82, 2.24) is 15.1 Å². The van der Waals surface area contributed by atoms with E-state index in [2.05, 4.69) is 40.2 Å². The Bertz CT molecular complexity index is 577. The number of likely N-dealkylation sites (tertiary alicyclic amines) is 2. The molecular formula is C21H34N4O. The Morgan fingerprint density at radius 2 is 1.77 bits per heavy atom. The molecule has 2 fully saturated rings. The molecule has 144 valence electrons. The number of ether oxygens (including phenoxy) is 1. The van der Waals surface area contributed by atoms with Gasteiger partial charge in [0, 0.05) is 25.2 Å². The van der Waals surface area contributed by atoms with E-state index < -0.39 is 0 Å². The largest absolute Gasteiger partial charge is 0.496 e. The zero-order chi connectivity index (χ0) is 18.2. The van der Waals surface area contributed by atoms with Gasteiger partial charge in [0.2, 0.25) is 0 Å². The number of guanidine groups is 1. The Hall–Kier alpha value is -1.75. The second kappa shape index (κ2) is 9.81. The molecule has 26 heavy (non-hydrogen) atoms. The fourth-order valence-electron chi connectivity index (χ4n) is 4.11. The van der Waals surface area contributed by atoms with E-state index >= 15 is 0 Å². The Morgan fingerprint density at radius 3 is 2.46 bits per heavy atom. The van der Waals surface area contributed by atoms with Gasteiger partial charge in [-0.3, -0.25) is 9.89 Å². The molecule has 3 rings (SSSR count). The van der Waals surface area contributed by atoms with E-state index in [4.69, 9.17) is 9.73 Å². The van der Waals surface area contributed by atoms with Crippen molar-refractivity contribution in [2.24, 2.45) is 4.99 Å². The van der Waals surface area contributed by atoms with Crippen LogP contribution in [0, 0.1) is 0 Å². The first-order valence-corrected chi connectivity index (χ1v) is 10.2. The van der Waals surface area contributed by atoms with Crippen molar-refractivity contribution in [1.29, 1.82) is 0 Å². The predicted octanol–water partition coefficient (Wildman–Crippen LogP) is 3.28. The van der Waals surface area contributed by atoms with Gasteiger partial charge in [0.15, 0.2) is 5.96 Å². The number of rotatable bonds is 6. The Kier molecular flexibility index (Phi) is 7.18. The number of hydrogen-bond donors (Lipinski definition) is 1. The molecule has 1 N–H and O–H groups in total. The first-order valence-electron chi connectivity index (χ1n) is 10.2. The lowest BCUT2D eigenvalue weighted by molar-refractivity contribution is 0.165. The second-order valence-electron chi connectivity index (χ2n) is 7.24. The lowest BCUT2D eigenvalue weighted by atomic mass is 10.0. The standard InChI is InChI=1S/C21H34N4O/c1-3-22-21(25-15-9-10-16-25)23-17-19(24-13-7-4-8-14-24)18-11-5-6-12-20(18)26-2/h5-6,11-12,19H,3-4,7-10,13-17H2,1-2H3,(H,22,23). The monoisotopic (exact) mass is 358 g/mol. The van der Waals surface area contributed by atoms with Crippen LogP contribution in [0.25, 0.3) is 0 Å².